The van der Waals surface area contributed by atoms with Crippen molar-refractivity contribution in [1.82, 2.24) is 15.1 Å². The first-order valence-corrected chi connectivity index (χ1v) is 6.12. The van der Waals surface area contributed by atoms with E-state index >= 15 is 0 Å². The summed E-state index contributed by atoms with van der Waals surface area (Å²) >= 11 is 0. The molecule has 2 saturated heterocycles. The maximum Gasteiger partial charge on any atom is 0.336 e. The Morgan fingerprint density at radius 2 is 1.94 bits per heavy atom. The summed E-state index contributed by atoms with van der Waals surface area (Å²) in [4.78, 5) is 15.3. The van der Waals surface area contributed by atoms with Crippen molar-refractivity contribution in [2.24, 2.45) is 0 Å². The van der Waals surface area contributed by atoms with E-state index in [0.29, 0.717) is 6.04 Å². The topological polar surface area (TPSA) is 76.0 Å². The lowest BCUT2D eigenvalue weighted by Crippen LogP contribution is -2.62. The Morgan fingerprint density at radius 3 is 2.35 bits per heavy atom. The van der Waals surface area contributed by atoms with E-state index in [0.717, 1.165) is 39.3 Å². The number of rotatable bonds is 4. The van der Waals surface area contributed by atoms with Crippen molar-refractivity contribution in [3.05, 3.63) is 0 Å². The van der Waals surface area contributed by atoms with Gasteiger partial charge in [0.25, 0.3) is 0 Å². The molecule has 3 N–H and O–H groups in total. The average molecular weight is 243 g/mol. The van der Waals surface area contributed by atoms with Crippen molar-refractivity contribution in [2.45, 2.75) is 18.6 Å². The predicted molar refractivity (Wildman–Crippen MR) is 62.9 cm³/mol. The fourth-order valence-electron chi connectivity index (χ4n) is 2.32. The Balaban J connectivity index is 1.76. The molecule has 0 aliphatic carbocycles. The third-order valence-electron chi connectivity index (χ3n) is 3.68. The first kappa shape index (κ1) is 12.8. The summed E-state index contributed by atoms with van der Waals surface area (Å²) in [5.41, 5.74) is -1.64. The molecule has 6 nitrogen and oxygen atoms in total. The molecule has 2 aliphatic heterocycles. The van der Waals surface area contributed by atoms with E-state index in [4.69, 9.17) is 5.11 Å². The van der Waals surface area contributed by atoms with Gasteiger partial charge in [-0.25, -0.2) is 4.79 Å². The molecule has 17 heavy (non-hydrogen) atoms. The second-order valence-corrected chi connectivity index (χ2v) is 5.20. The number of aliphatic carboxylic acids is 1. The Hall–Kier alpha value is -0.690. The molecule has 0 radical (unpaired) electrons. The number of carbonyl (C=O) groups is 1. The molecule has 1 atom stereocenters. The minimum atomic E-state index is -1.64. The highest BCUT2D eigenvalue weighted by molar-refractivity contribution is 5.76. The van der Waals surface area contributed by atoms with Crippen molar-refractivity contribution < 1.29 is 15.0 Å². The van der Waals surface area contributed by atoms with Gasteiger partial charge in [-0.3, -0.25) is 9.80 Å². The molecule has 2 fully saturated rings. The molecule has 2 aliphatic rings. The van der Waals surface area contributed by atoms with Crippen LogP contribution in [0.3, 0.4) is 0 Å². The number of β-amino-alcohol motifs (C(OH)–C–C–N with tert-alkyl or cyclic N) is 1. The van der Waals surface area contributed by atoms with Crippen LogP contribution in [0.15, 0.2) is 0 Å². The standard InChI is InChI=1S/C11H21N3O3/c1-11(17,10(15)16)8-13-2-4-14(5-3-13)9-6-12-7-9/h9,12,17H,2-8H2,1H3,(H,15,16). The molecule has 0 spiro atoms. The van der Waals surface area contributed by atoms with Gasteiger partial charge in [0.2, 0.25) is 0 Å². The minimum absolute atomic E-state index is 0.207. The second-order valence-electron chi connectivity index (χ2n) is 5.20. The lowest BCUT2D eigenvalue weighted by Gasteiger charge is -2.44. The summed E-state index contributed by atoms with van der Waals surface area (Å²) in [5.74, 6) is -1.15. The number of aliphatic hydroxyl groups is 1. The fourth-order valence-corrected chi connectivity index (χ4v) is 2.32. The third kappa shape index (κ3) is 2.95. The van der Waals surface area contributed by atoms with Crippen LogP contribution in [0.4, 0.5) is 0 Å². The third-order valence-corrected chi connectivity index (χ3v) is 3.68. The van der Waals surface area contributed by atoms with Crippen LogP contribution in [0.2, 0.25) is 0 Å². The second kappa shape index (κ2) is 4.89. The Morgan fingerprint density at radius 1 is 1.35 bits per heavy atom. The van der Waals surface area contributed by atoms with Gasteiger partial charge in [0.1, 0.15) is 0 Å². The molecule has 0 amide bonds. The largest absolute Gasteiger partial charge is 0.479 e. The molecule has 0 aromatic rings. The molecule has 2 rings (SSSR count). The molecule has 2 heterocycles. The summed E-state index contributed by atoms with van der Waals surface area (Å²) in [6.45, 7) is 7.28. The molecular formula is C11H21N3O3. The van der Waals surface area contributed by atoms with Gasteiger partial charge in [-0.2, -0.15) is 0 Å². The summed E-state index contributed by atoms with van der Waals surface area (Å²) in [6, 6.07) is 0.650. The summed E-state index contributed by atoms with van der Waals surface area (Å²) in [5, 5.41) is 21.8. The van der Waals surface area contributed by atoms with E-state index in [1.165, 1.54) is 6.92 Å². The first-order valence-electron chi connectivity index (χ1n) is 6.12. The quantitative estimate of drug-likeness (QED) is 0.553. The average Bonchev–Trinajstić information content (AvgIpc) is 2.17. The van der Waals surface area contributed by atoms with Crippen LogP contribution in [-0.2, 0) is 4.79 Å². The van der Waals surface area contributed by atoms with Crippen molar-refractivity contribution >= 4 is 5.97 Å². The van der Waals surface area contributed by atoms with Crippen LogP contribution in [-0.4, -0.2) is 83.4 Å². The Bertz CT molecular complexity index is 284. The van der Waals surface area contributed by atoms with Crippen molar-refractivity contribution in [2.75, 3.05) is 45.8 Å². The van der Waals surface area contributed by atoms with Gasteiger partial charge in [-0.15, -0.1) is 0 Å². The van der Waals surface area contributed by atoms with E-state index < -0.39 is 11.6 Å². The zero-order valence-electron chi connectivity index (χ0n) is 10.2. The van der Waals surface area contributed by atoms with Crippen LogP contribution < -0.4 is 5.32 Å². The van der Waals surface area contributed by atoms with E-state index in [1.807, 2.05) is 4.90 Å². The molecule has 1 unspecified atom stereocenters. The first-order chi connectivity index (χ1) is 7.99. The van der Waals surface area contributed by atoms with Crippen molar-refractivity contribution in [1.29, 1.82) is 0 Å². The molecule has 0 aromatic carbocycles. The predicted octanol–water partition coefficient (Wildman–Crippen LogP) is -1.59. The highest BCUT2D eigenvalue weighted by Crippen LogP contribution is 2.13. The van der Waals surface area contributed by atoms with Crippen LogP contribution >= 0.6 is 0 Å². The van der Waals surface area contributed by atoms with Crippen molar-refractivity contribution in [3.8, 4) is 0 Å². The number of hydrogen-bond acceptors (Lipinski definition) is 5. The number of hydrogen-bond donors (Lipinski definition) is 3. The highest BCUT2D eigenvalue weighted by Gasteiger charge is 2.34. The highest BCUT2D eigenvalue weighted by atomic mass is 16.4. The zero-order chi connectivity index (χ0) is 12.5. The monoisotopic (exact) mass is 243 g/mol. The number of piperazine rings is 1. The van der Waals surface area contributed by atoms with Crippen LogP contribution in [0.5, 0.6) is 0 Å². The van der Waals surface area contributed by atoms with Crippen LogP contribution in [0.25, 0.3) is 0 Å². The maximum absolute atomic E-state index is 10.8. The number of carboxylic acids is 1. The molecule has 0 bridgehead atoms. The van der Waals surface area contributed by atoms with Gasteiger partial charge < -0.3 is 15.5 Å². The molecular weight excluding hydrogens is 222 g/mol. The van der Waals surface area contributed by atoms with Gasteiger partial charge in [-0.1, -0.05) is 0 Å². The number of carboxylic acid groups (broad SMARTS) is 1. The smallest absolute Gasteiger partial charge is 0.336 e. The van der Waals surface area contributed by atoms with Gasteiger partial charge in [0, 0.05) is 51.9 Å². The Kier molecular flexibility index (Phi) is 3.67. The van der Waals surface area contributed by atoms with Gasteiger partial charge in [0.05, 0.1) is 0 Å². The van der Waals surface area contributed by atoms with Gasteiger partial charge in [0.15, 0.2) is 5.60 Å². The summed E-state index contributed by atoms with van der Waals surface area (Å²) in [7, 11) is 0. The minimum Gasteiger partial charge on any atom is -0.479 e. The van der Waals surface area contributed by atoms with E-state index in [1.54, 1.807) is 0 Å². The fraction of sp³-hybridized carbons (Fsp3) is 0.909. The van der Waals surface area contributed by atoms with Crippen LogP contribution in [0.1, 0.15) is 6.92 Å². The molecule has 0 aromatic heterocycles. The SMILES string of the molecule is CC(O)(CN1CCN(C2CNC2)CC1)C(=O)O. The maximum atomic E-state index is 10.8. The Labute approximate surface area is 101 Å². The number of nitrogens with one attached hydrogen (secondary N) is 1. The lowest BCUT2D eigenvalue weighted by atomic mass is 10.1. The molecule has 6 heteroatoms. The molecule has 0 saturated carbocycles. The van der Waals surface area contributed by atoms with Crippen LogP contribution in [0, 0.1) is 0 Å². The number of nitrogens with zero attached hydrogens (tertiary/aromatic N) is 2. The van der Waals surface area contributed by atoms with Crippen molar-refractivity contribution in [3.63, 3.8) is 0 Å². The van der Waals surface area contributed by atoms with Gasteiger partial charge in [-0.05, 0) is 6.92 Å². The summed E-state index contributed by atoms with van der Waals surface area (Å²) < 4.78 is 0. The van der Waals surface area contributed by atoms with E-state index in [-0.39, 0.29) is 6.54 Å². The lowest BCUT2D eigenvalue weighted by molar-refractivity contribution is -0.159. The summed E-state index contributed by atoms with van der Waals surface area (Å²) in [6.07, 6.45) is 0. The zero-order valence-corrected chi connectivity index (χ0v) is 10.2. The van der Waals surface area contributed by atoms with Gasteiger partial charge >= 0.3 is 5.97 Å². The van der Waals surface area contributed by atoms with E-state index in [2.05, 4.69) is 10.2 Å². The van der Waals surface area contributed by atoms with E-state index in [9.17, 15) is 9.90 Å². The normalized spacial score (nSPS) is 27.4. The molecule has 98 valence electrons.